The smallest absolute Gasteiger partial charge is 0.137 e. The summed E-state index contributed by atoms with van der Waals surface area (Å²) >= 11 is 7.18. The van der Waals surface area contributed by atoms with E-state index in [1.54, 1.807) is 11.8 Å². The minimum absolute atomic E-state index is 0.804. The Hall–Kier alpha value is 0.120. The highest BCUT2D eigenvalue weighted by Crippen LogP contribution is 2.13. The van der Waals surface area contributed by atoms with Gasteiger partial charge in [0.2, 0.25) is 0 Å². The maximum Gasteiger partial charge on any atom is 0.137 e. The molecule has 6 heteroatoms. The first-order valence-corrected chi connectivity index (χ1v) is 7.05. The number of morpholine rings is 2. The summed E-state index contributed by atoms with van der Waals surface area (Å²) in [6, 6.07) is 0. The van der Waals surface area contributed by atoms with Gasteiger partial charge in [-0.1, -0.05) is 24.0 Å². The maximum absolute atomic E-state index is 5.42. The summed E-state index contributed by atoms with van der Waals surface area (Å²) in [5.41, 5.74) is 0. The van der Waals surface area contributed by atoms with E-state index in [1.165, 1.54) is 0 Å². The van der Waals surface area contributed by atoms with Crippen LogP contribution in [0.1, 0.15) is 0 Å². The quantitative estimate of drug-likeness (QED) is 0.677. The van der Waals surface area contributed by atoms with E-state index in [-0.39, 0.29) is 0 Å². The molecule has 2 saturated heterocycles. The average molecular weight is 262 g/mol. The molecule has 0 radical (unpaired) electrons. The summed E-state index contributed by atoms with van der Waals surface area (Å²) in [6.45, 7) is 7.24. The second-order valence-electron chi connectivity index (χ2n) is 3.87. The van der Waals surface area contributed by atoms with Crippen LogP contribution in [0.15, 0.2) is 0 Å². The second-order valence-corrected chi connectivity index (χ2v) is 5.45. The summed E-state index contributed by atoms with van der Waals surface area (Å²) in [5, 5.41) is 0. The van der Waals surface area contributed by atoms with Crippen LogP contribution in [0.25, 0.3) is 0 Å². The van der Waals surface area contributed by atoms with Crippen LogP contribution < -0.4 is 0 Å². The molecule has 2 rings (SSSR count). The van der Waals surface area contributed by atoms with Crippen molar-refractivity contribution in [2.75, 3.05) is 58.5 Å². The molecule has 0 aromatic carbocycles. The summed E-state index contributed by atoms with van der Waals surface area (Å²) in [7, 11) is 0. The van der Waals surface area contributed by atoms with Crippen molar-refractivity contribution >= 4 is 28.3 Å². The molecule has 0 spiro atoms. The second kappa shape index (κ2) is 6.76. The van der Waals surface area contributed by atoms with E-state index in [9.17, 15) is 0 Å². The molecule has 16 heavy (non-hydrogen) atoms. The number of ether oxygens (including phenoxy) is 2. The molecule has 4 nitrogen and oxygen atoms in total. The Kier molecular flexibility index (Phi) is 5.31. The van der Waals surface area contributed by atoms with E-state index < -0.39 is 0 Å². The van der Waals surface area contributed by atoms with E-state index in [0.717, 1.165) is 62.8 Å². The molecule has 2 aliphatic rings. The normalized spacial score (nSPS) is 23.4. The Labute approximate surface area is 106 Å². The largest absolute Gasteiger partial charge is 0.379 e. The zero-order valence-electron chi connectivity index (χ0n) is 9.39. The van der Waals surface area contributed by atoms with Gasteiger partial charge in [0.25, 0.3) is 0 Å². The highest BCUT2D eigenvalue weighted by Gasteiger charge is 2.16. The van der Waals surface area contributed by atoms with Crippen molar-refractivity contribution in [2.24, 2.45) is 0 Å². The molecule has 92 valence electrons. The van der Waals surface area contributed by atoms with E-state index >= 15 is 0 Å². The highest BCUT2D eigenvalue weighted by atomic mass is 32.2. The Balaban J connectivity index is 1.65. The van der Waals surface area contributed by atoms with Crippen LogP contribution in [0, 0.1) is 0 Å². The van der Waals surface area contributed by atoms with Crippen LogP contribution >= 0.6 is 24.0 Å². The fraction of sp³-hybridized carbons (Fsp3) is 0.900. The SMILES string of the molecule is S=C(SCN1CCOCC1)N1CCOCC1. The van der Waals surface area contributed by atoms with Gasteiger partial charge in [-0.3, -0.25) is 4.90 Å². The van der Waals surface area contributed by atoms with Crippen LogP contribution in [-0.2, 0) is 9.47 Å². The maximum atomic E-state index is 5.42. The van der Waals surface area contributed by atoms with E-state index in [2.05, 4.69) is 9.80 Å². The summed E-state index contributed by atoms with van der Waals surface area (Å²) < 4.78 is 11.6. The van der Waals surface area contributed by atoms with Gasteiger partial charge in [0.05, 0.1) is 32.3 Å². The molecule has 0 aromatic rings. The zero-order chi connectivity index (χ0) is 11.2. The first-order chi connectivity index (χ1) is 7.86. The van der Waals surface area contributed by atoms with Crippen molar-refractivity contribution in [3.05, 3.63) is 0 Å². The Morgan fingerprint density at radius 2 is 1.56 bits per heavy atom. The van der Waals surface area contributed by atoms with Gasteiger partial charge in [0, 0.05) is 26.2 Å². The number of nitrogens with zero attached hydrogens (tertiary/aromatic N) is 2. The molecule has 0 unspecified atom stereocenters. The van der Waals surface area contributed by atoms with Crippen LogP contribution in [-0.4, -0.2) is 72.6 Å². The molecule has 0 amide bonds. The molecule has 0 N–H and O–H groups in total. The highest BCUT2D eigenvalue weighted by molar-refractivity contribution is 8.22. The minimum atomic E-state index is 0.804. The lowest BCUT2D eigenvalue weighted by atomic mass is 10.5. The van der Waals surface area contributed by atoms with Gasteiger partial charge in [-0.15, -0.1) is 0 Å². The zero-order valence-corrected chi connectivity index (χ0v) is 11.0. The predicted molar refractivity (Wildman–Crippen MR) is 69.8 cm³/mol. The van der Waals surface area contributed by atoms with E-state index in [1.807, 2.05) is 0 Å². The molecule has 0 bridgehead atoms. The summed E-state index contributed by atoms with van der Waals surface area (Å²) in [5.74, 6) is 0.986. The van der Waals surface area contributed by atoms with Crippen molar-refractivity contribution in [1.29, 1.82) is 0 Å². The monoisotopic (exact) mass is 262 g/mol. The van der Waals surface area contributed by atoms with Gasteiger partial charge in [-0.25, -0.2) is 0 Å². The lowest BCUT2D eigenvalue weighted by Crippen LogP contribution is -2.40. The van der Waals surface area contributed by atoms with Crippen LogP contribution in [0.5, 0.6) is 0 Å². The molecule has 2 heterocycles. The third-order valence-corrected chi connectivity index (χ3v) is 4.35. The third kappa shape index (κ3) is 3.85. The summed E-state index contributed by atoms with van der Waals surface area (Å²) in [4.78, 5) is 4.63. The predicted octanol–water partition coefficient (Wildman–Crippen LogP) is 0.626. The number of hydrogen-bond acceptors (Lipinski definition) is 5. The number of thioether (sulfide) groups is 1. The molecular weight excluding hydrogens is 244 g/mol. The molecule has 2 aliphatic heterocycles. The number of thiocarbonyl (C=S) groups is 1. The molecule has 0 atom stereocenters. The van der Waals surface area contributed by atoms with E-state index in [4.69, 9.17) is 21.7 Å². The van der Waals surface area contributed by atoms with Gasteiger partial charge in [0.15, 0.2) is 0 Å². The Bertz CT molecular complexity index is 229. The van der Waals surface area contributed by atoms with Crippen LogP contribution in [0.4, 0.5) is 0 Å². The lowest BCUT2D eigenvalue weighted by molar-refractivity contribution is 0.0474. The first kappa shape index (κ1) is 12.6. The number of rotatable bonds is 2. The standard InChI is InChI=1S/C10H18N2O2S2/c15-10(12-3-7-14-8-4-12)16-9-11-1-5-13-6-2-11/h1-9H2. The van der Waals surface area contributed by atoms with Crippen molar-refractivity contribution in [2.45, 2.75) is 0 Å². The summed E-state index contributed by atoms with van der Waals surface area (Å²) in [6.07, 6.45) is 0. The van der Waals surface area contributed by atoms with Gasteiger partial charge < -0.3 is 14.4 Å². The molecule has 0 aromatic heterocycles. The van der Waals surface area contributed by atoms with Crippen molar-refractivity contribution in [3.8, 4) is 0 Å². The average Bonchev–Trinajstić information content (AvgIpc) is 2.38. The van der Waals surface area contributed by atoms with E-state index in [0.29, 0.717) is 0 Å². The number of hydrogen-bond donors (Lipinski definition) is 0. The Morgan fingerprint density at radius 1 is 1.00 bits per heavy atom. The van der Waals surface area contributed by atoms with Gasteiger partial charge >= 0.3 is 0 Å². The van der Waals surface area contributed by atoms with Crippen molar-refractivity contribution in [1.82, 2.24) is 9.80 Å². The van der Waals surface area contributed by atoms with Gasteiger partial charge in [0.1, 0.15) is 4.32 Å². The molecular formula is C10H18N2O2S2. The Morgan fingerprint density at radius 3 is 2.19 bits per heavy atom. The minimum Gasteiger partial charge on any atom is -0.379 e. The lowest BCUT2D eigenvalue weighted by Gasteiger charge is -2.31. The van der Waals surface area contributed by atoms with Crippen LogP contribution in [0.3, 0.4) is 0 Å². The van der Waals surface area contributed by atoms with Gasteiger partial charge in [-0.05, 0) is 0 Å². The molecule has 0 saturated carbocycles. The molecule has 2 fully saturated rings. The first-order valence-electron chi connectivity index (χ1n) is 5.66. The van der Waals surface area contributed by atoms with Gasteiger partial charge in [-0.2, -0.15) is 0 Å². The third-order valence-electron chi connectivity index (χ3n) is 2.74. The fourth-order valence-electron chi connectivity index (χ4n) is 1.71. The van der Waals surface area contributed by atoms with Crippen molar-refractivity contribution < 1.29 is 9.47 Å². The van der Waals surface area contributed by atoms with Crippen LogP contribution in [0.2, 0.25) is 0 Å². The fourth-order valence-corrected chi connectivity index (χ4v) is 2.97. The van der Waals surface area contributed by atoms with Crippen molar-refractivity contribution in [3.63, 3.8) is 0 Å². The molecule has 0 aliphatic carbocycles. The topological polar surface area (TPSA) is 24.9 Å².